The predicted octanol–water partition coefficient (Wildman–Crippen LogP) is 3.52. The van der Waals surface area contributed by atoms with Crippen LogP contribution >= 0.6 is 0 Å². The summed E-state index contributed by atoms with van der Waals surface area (Å²) >= 11 is 0. The van der Waals surface area contributed by atoms with Crippen molar-refractivity contribution in [2.45, 2.75) is 32.8 Å². The van der Waals surface area contributed by atoms with Crippen molar-refractivity contribution >= 4 is 22.4 Å². The second-order valence-corrected chi connectivity index (χ2v) is 7.89. The first kappa shape index (κ1) is 21.3. The maximum absolute atomic E-state index is 12.3. The van der Waals surface area contributed by atoms with Crippen molar-refractivity contribution in [1.82, 2.24) is 9.55 Å². The molecule has 0 amide bonds. The number of hydrogen-bond donors (Lipinski definition) is 1. The summed E-state index contributed by atoms with van der Waals surface area (Å²) < 4.78 is 13.1. The quantitative estimate of drug-likeness (QED) is 0.586. The van der Waals surface area contributed by atoms with E-state index in [9.17, 15) is 4.79 Å². The third-order valence-corrected chi connectivity index (χ3v) is 5.99. The summed E-state index contributed by atoms with van der Waals surface area (Å²) in [6.07, 6.45) is 3.85. The average Bonchev–Trinajstić information content (AvgIpc) is 3.09. The van der Waals surface area contributed by atoms with E-state index in [1.54, 1.807) is 20.2 Å². The SMILES string of the molecule is COc1cc2c(cn1)c(C(C)=O)c(C)n2-c1ccc(N2CCC(OCCO)CC2)cc1. The number of carbonyl (C=O) groups is 1. The van der Waals surface area contributed by atoms with Gasteiger partial charge in [0.2, 0.25) is 5.88 Å². The molecular weight excluding hydrogens is 394 g/mol. The van der Waals surface area contributed by atoms with Crippen molar-refractivity contribution in [2.75, 3.05) is 38.3 Å². The highest BCUT2D eigenvalue weighted by Gasteiger charge is 2.21. The Kier molecular flexibility index (Phi) is 6.25. The number of Topliss-reactive ketones (excluding diaryl/α,β-unsaturated/α-hetero) is 1. The number of rotatable bonds is 7. The largest absolute Gasteiger partial charge is 0.481 e. The first-order valence-corrected chi connectivity index (χ1v) is 10.7. The van der Waals surface area contributed by atoms with Crippen LogP contribution in [-0.2, 0) is 4.74 Å². The smallest absolute Gasteiger partial charge is 0.215 e. The van der Waals surface area contributed by atoms with Gasteiger partial charge in [0.05, 0.1) is 31.9 Å². The van der Waals surface area contributed by atoms with Gasteiger partial charge in [-0.3, -0.25) is 4.79 Å². The van der Waals surface area contributed by atoms with E-state index in [1.165, 1.54) is 5.69 Å². The van der Waals surface area contributed by atoms with Crippen LogP contribution in [0.5, 0.6) is 5.88 Å². The number of piperidine rings is 1. The fourth-order valence-corrected chi connectivity index (χ4v) is 4.49. The first-order chi connectivity index (χ1) is 15.0. The fraction of sp³-hybridized carbons (Fsp3) is 0.417. The van der Waals surface area contributed by atoms with Gasteiger partial charge in [-0.15, -0.1) is 0 Å². The lowest BCUT2D eigenvalue weighted by Crippen LogP contribution is -2.37. The van der Waals surface area contributed by atoms with Crippen LogP contribution < -0.4 is 9.64 Å². The second-order valence-electron chi connectivity index (χ2n) is 7.89. The van der Waals surface area contributed by atoms with Crippen molar-refractivity contribution in [2.24, 2.45) is 0 Å². The van der Waals surface area contributed by atoms with Crippen molar-refractivity contribution in [3.05, 3.63) is 47.8 Å². The molecule has 0 spiro atoms. The number of aliphatic hydroxyl groups excluding tert-OH is 1. The minimum Gasteiger partial charge on any atom is -0.481 e. The molecule has 0 bridgehead atoms. The monoisotopic (exact) mass is 423 g/mol. The van der Waals surface area contributed by atoms with Crippen molar-refractivity contribution < 1.29 is 19.4 Å². The second kappa shape index (κ2) is 9.08. The maximum Gasteiger partial charge on any atom is 0.215 e. The van der Waals surface area contributed by atoms with E-state index < -0.39 is 0 Å². The topological polar surface area (TPSA) is 76.8 Å². The Morgan fingerprint density at radius 1 is 1.19 bits per heavy atom. The summed E-state index contributed by atoms with van der Waals surface area (Å²) in [5.41, 5.74) is 4.66. The highest BCUT2D eigenvalue weighted by Crippen LogP contribution is 2.32. The van der Waals surface area contributed by atoms with Gasteiger partial charge in [-0.2, -0.15) is 0 Å². The van der Waals surface area contributed by atoms with E-state index in [4.69, 9.17) is 14.6 Å². The minimum atomic E-state index is 0.0242. The van der Waals surface area contributed by atoms with Gasteiger partial charge < -0.3 is 24.0 Å². The van der Waals surface area contributed by atoms with Crippen LogP contribution in [0.2, 0.25) is 0 Å². The van der Waals surface area contributed by atoms with Gasteiger partial charge in [0.1, 0.15) is 0 Å². The predicted molar refractivity (Wildman–Crippen MR) is 121 cm³/mol. The summed E-state index contributed by atoms with van der Waals surface area (Å²) in [5, 5.41) is 9.76. The number of hydrogen-bond acceptors (Lipinski definition) is 6. The number of carbonyl (C=O) groups excluding carboxylic acids is 1. The Morgan fingerprint density at radius 2 is 1.87 bits per heavy atom. The number of aromatic nitrogens is 2. The number of ether oxygens (including phenoxy) is 2. The number of benzene rings is 1. The van der Waals surface area contributed by atoms with Crippen LogP contribution in [0.1, 0.15) is 35.8 Å². The molecule has 2 aromatic heterocycles. The minimum absolute atomic E-state index is 0.0242. The van der Waals surface area contributed by atoms with E-state index in [0.717, 1.165) is 48.2 Å². The zero-order chi connectivity index (χ0) is 22.0. The van der Waals surface area contributed by atoms with E-state index in [2.05, 4.69) is 38.7 Å². The Morgan fingerprint density at radius 3 is 2.48 bits per heavy atom. The van der Waals surface area contributed by atoms with Crippen LogP contribution in [-0.4, -0.2) is 60.0 Å². The van der Waals surface area contributed by atoms with Crippen LogP contribution in [0.3, 0.4) is 0 Å². The lowest BCUT2D eigenvalue weighted by atomic mass is 10.1. The van der Waals surface area contributed by atoms with Gasteiger partial charge in [0.15, 0.2) is 5.78 Å². The fourth-order valence-electron chi connectivity index (χ4n) is 4.49. The number of fused-ring (bicyclic) bond motifs is 1. The Hall–Kier alpha value is -2.90. The van der Waals surface area contributed by atoms with Crippen LogP contribution in [0.4, 0.5) is 5.69 Å². The number of ketones is 1. The molecule has 3 heterocycles. The van der Waals surface area contributed by atoms with E-state index in [-0.39, 0.29) is 18.5 Å². The molecule has 7 nitrogen and oxygen atoms in total. The average molecular weight is 424 g/mol. The number of anilines is 1. The molecule has 1 saturated heterocycles. The Balaban J connectivity index is 1.62. The maximum atomic E-state index is 12.3. The standard InChI is InChI=1S/C24H29N3O4/c1-16-24(17(2)29)21-15-25-23(30-3)14-22(21)27(16)19-6-4-18(5-7-19)26-10-8-20(9-11-26)31-13-12-28/h4-7,14-15,20,28H,8-13H2,1-3H3. The third kappa shape index (κ3) is 4.16. The van der Waals surface area contributed by atoms with Crippen LogP contribution in [0.15, 0.2) is 36.5 Å². The number of nitrogens with zero attached hydrogens (tertiary/aromatic N) is 3. The van der Waals surface area contributed by atoms with E-state index in [1.807, 2.05) is 13.0 Å². The van der Waals surface area contributed by atoms with Crippen molar-refractivity contribution in [1.29, 1.82) is 0 Å². The molecule has 31 heavy (non-hydrogen) atoms. The van der Waals surface area contributed by atoms with E-state index in [0.29, 0.717) is 18.1 Å². The molecule has 7 heteroatoms. The molecule has 0 unspecified atom stereocenters. The molecule has 164 valence electrons. The van der Waals surface area contributed by atoms with Crippen molar-refractivity contribution in [3.63, 3.8) is 0 Å². The molecule has 0 atom stereocenters. The normalized spacial score (nSPS) is 14.9. The van der Waals surface area contributed by atoms with Gasteiger partial charge >= 0.3 is 0 Å². The zero-order valence-corrected chi connectivity index (χ0v) is 18.3. The van der Waals surface area contributed by atoms with Crippen molar-refractivity contribution in [3.8, 4) is 11.6 Å². The highest BCUT2D eigenvalue weighted by atomic mass is 16.5. The van der Waals surface area contributed by atoms with Crippen LogP contribution in [0.25, 0.3) is 16.6 Å². The molecule has 0 saturated carbocycles. The molecular formula is C24H29N3O4. The molecule has 0 radical (unpaired) electrons. The zero-order valence-electron chi connectivity index (χ0n) is 18.3. The number of aliphatic hydroxyl groups is 1. The van der Waals surface area contributed by atoms with Gasteiger partial charge in [0.25, 0.3) is 0 Å². The molecule has 0 aliphatic carbocycles. The molecule has 1 aliphatic heterocycles. The highest BCUT2D eigenvalue weighted by molar-refractivity contribution is 6.08. The molecule has 1 aliphatic rings. The Bertz CT molecular complexity index is 1070. The molecule has 1 N–H and O–H groups in total. The first-order valence-electron chi connectivity index (χ1n) is 10.7. The number of methoxy groups -OCH3 is 1. The summed E-state index contributed by atoms with van der Waals surface area (Å²) in [5.74, 6) is 0.542. The lowest BCUT2D eigenvalue weighted by Gasteiger charge is -2.33. The summed E-state index contributed by atoms with van der Waals surface area (Å²) in [6.45, 7) is 5.90. The summed E-state index contributed by atoms with van der Waals surface area (Å²) in [4.78, 5) is 19.0. The molecule has 1 fully saturated rings. The number of pyridine rings is 1. The summed E-state index contributed by atoms with van der Waals surface area (Å²) in [6, 6.07) is 10.3. The van der Waals surface area contributed by atoms with Gasteiger partial charge in [-0.1, -0.05) is 0 Å². The summed E-state index contributed by atoms with van der Waals surface area (Å²) in [7, 11) is 1.59. The van der Waals surface area contributed by atoms with Gasteiger partial charge in [-0.25, -0.2) is 4.98 Å². The lowest BCUT2D eigenvalue weighted by molar-refractivity contribution is 0.0159. The van der Waals surface area contributed by atoms with Gasteiger partial charge in [0, 0.05) is 53.4 Å². The molecule has 4 rings (SSSR count). The molecule has 3 aromatic rings. The van der Waals surface area contributed by atoms with E-state index >= 15 is 0 Å². The van der Waals surface area contributed by atoms with Gasteiger partial charge in [-0.05, 0) is 51.0 Å². The third-order valence-electron chi connectivity index (χ3n) is 5.99. The Labute approximate surface area is 182 Å². The van der Waals surface area contributed by atoms with Crippen LogP contribution in [0, 0.1) is 6.92 Å². The molecule has 1 aromatic carbocycles.